The molecule has 5 heteroatoms. The van der Waals surface area contributed by atoms with Gasteiger partial charge in [-0.05, 0) is 25.5 Å². The number of ether oxygens (including phenoxy) is 4. The van der Waals surface area contributed by atoms with Gasteiger partial charge >= 0.3 is 0 Å². The second-order valence-corrected chi connectivity index (χ2v) is 4.98. The van der Waals surface area contributed by atoms with Gasteiger partial charge in [0.25, 0.3) is 0 Å². The molecule has 0 aromatic heterocycles. The third-order valence-electron chi connectivity index (χ3n) is 3.74. The summed E-state index contributed by atoms with van der Waals surface area (Å²) < 4.78 is 23.1. The summed E-state index contributed by atoms with van der Waals surface area (Å²) in [6, 6.07) is 0. The third kappa shape index (κ3) is 2.40. The van der Waals surface area contributed by atoms with E-state index in [4.69, 9.17) is 24.7 Å². The number of hydrogen-bond donors (Lipinski definition) is 1. The Balaban J connectivity index is 1.61. The van der Waals surface area contributed by atoms with Gasteiger partial charge in [0.15, 0.2) is 0 Å². The molecule has 0 radical (unpaired) electrons. The average molecular weight is 255 g/mol. The van der Waals surface area contributed by atoms with Crippen molar-refractivity contribution in [2.75, 3.05) is 26.4 Å². The van der Waals surface area contributed by atoms with E-state index in [0.717, 1.165) is 38.2 Å². The zero-order valence-corrected chi connectivity index (χ0v) is 10.5. The normalized spacial score (nSPS) is 36.3. The topological polar surface area (TPSA) is 62.9 Å². The fourth-order valence-corrected chi connectivity index (χ4v) is 2.85. The lowest BCUT2D eigenvalue weighted by atomic mass is 10.1. The maximum atomic E-state index is 6.13. The van der Waals surface area contributed by atoms with Crippen LogP contribution in [0.1, 0.15) is 19.3 Å². The van der Waals surface area contributed by atoms with Crippen molar-refractivity contribution < 1.29 is 18.9 Å². The summed E-state index contributed by atoms with van der Waals surface area (Å²) in [6.07, 6.45) is 5.09. The van der Waals surface area contributed by atoms with Gasteiger partial charge < -0.3 is 24.7 Å². The zero-order chi connectivity index (χ0) is 12.4. The fourth-order valence-electron chi connectivity index (χ4n) is 2.85. The summed E-state index contributed by atoms with van der Waals surface area (Å²) in [7, 11) is 0. The van der Waals surface area contributed by atoms with Gasteiger partial charge in [0, 0.05) is 13.0 Å². The van der Waals surface area contributed by atoms with E-state index in [9.17, 15) is 0 Å². The van der Waals surface area contributed by atoms with Gasteiger partial charge in [0.1, 0.15) is 24.1 Å². The lowest BCUT2D eigenvalue weighted by molar-refractivity contribution is -0.0719. The molecule has 3 aliphatic heterocycles. The van der Waals surface area contributed by atoms with Crippen molar-refractivity contribution in [3.8, 4) is 0 Å². The lowest BCUT2D eigenvalue weighted by Gasteiger charge is -2.24. The van der Waals surface area contributed by atoms with E-state index in [0.29, 0.717) is 13.2 Å². The number of rotatable bonds is 5. The summed E-state index contributed by atoms with van der Waals surface area (Å²) >= 11 is 0. The van der Waals surface area contributed by atoms with Gasteiger partial charge in [-0.1, -0.05) is 0 Å². The summed E-state index contributed by atoms with van der Waals surface area (Å²) in [4.78, 5) is 0. The summed E-state index contributed by atoms with van der Waals surface area (Å²) in [5, 5.41) is 0. The molecule has 2 fully saturated rings. The van der Waals surface area contributed by atoms with E-state index in [1.54, 1.807) is 0 Å². The van der Waals surface area contributed by atoms with Gasteiger partial charge in [-0.25, -0.2) is 0 Å². The molecule has 5 nitrogen and oxygen atoms in total. The fraction of sp³-hybridized carbons (Fsp3) is 0.846. The molecule has 4 atom stereocenters. The van der Waals surface area contributed by atoms with E-state index in [1.165, 1.54) is 0 Å². The molecule has 0 aromatic carbocycles. The highest BCUT2D eigenvalue weighted by molar-refractivity contribution is 5.05. The first kappa shape index (κ1) is 12.4. The van der Waals surface area contributed by atoms with Gasteiger partial charge in [0.2, 0.25) is 0 Å². The summed E-state index contributed by atoms with van der Waals surface area (Å²) in [5.41, 5.74) is 5.65. The largest absolute Gasteiger partial charge is 0.495 e. The molecule has 102 valence electrons. The molecule has 0 spiro atoms. The highest BCUT2D eigenvalue weighted by Crippen LogP contribution is 2.31. The van der Waals surface area contributed by atoms with E-state index in [2.05, 4.69) is 6.08 Å². The van der Waals surface area contributed by atoms with Crippen LogP contribution in [0.5, 0.6) is 0 Å². The van der Waals surface area contributed by atoms with E-state index >= 15 is 0 Å². The average Bonchev–Trinajstić information content (AvgIpc) is 3.07. The van der Waals surface area contributed by atoms with Gasteiger partial charge in [-0.2, -0.15) is 0 Å². The van der Waals surface area contributed by atoms with Crippen molar-refractivity contribution in [1.29, 1.82) is 0 Å². The summed E-state index contributed by atoms with van der Waals surface area (Å²) in [5.74, 6) is 0.932. The third-order valence-corrected chi connectivity index (χ3v) is 3.74. The molecule has 3 aliphatic rings. The van der Waals surface area contributed by atoms with Crippen molar-refractivity contribution in [2.45, 2.75) is 43.7 Å². The Morgan fingerprint density at radius 2 is 2.33 bits per heavy atom. The minimum atomic E-state index is -0.0472. The Morgan fingerprint density at radius 3 is 3.11 bits per heavy atom. The van der Waals surface area contributed by atoms with E-state index in [1.807, 2.05) is 0 Å². The van der Waals surface area contributed by atoms with Crippen molar-refractivity contribution in [1.82, 2.24) is 0 Å². The molecule has 3 unspecified atom stereocenters. The summed E-state index contributed by atoms with van der Waals surface area (Å²) in [6.45, 7) is 2.73. The lowest BCUT2D eigenvalue weighted by Crippen LogP contribution is -2.35. The minimum Gasteiger partial charge on any atom is -0.495 e. The Bertz CT molecular complexity index is 320. The number of fused-ring (bicyclic) bond motifs is 1. The molecule has 18 heavy (non-hydrogen) atoms. The van der Waals surface area contributed by atoms with Crippen LogP contribution in [0, 0.1) is 0 Å². The first-order chi connectivity index (χ1) is 8.88. The molecule has 0 aromatic rings. The standard InChI is InChI=1S/C13H21NO4/c14-5-3-10(9-2-1-6-15-9)18-12-8-17-11-4-7-16-13(11)12/h2,10-13H,1,3-8,14H2/t10?,11?,12-,13?/m1/s1. The van der Waals surface area contributed by atoms with Crippen LogP contribution in [0.4, 0.5) is 0 Å². The highest BCUT2D eigenvalue weighted by atomic mass is 16.6. The molecule has 2 saturated heterocycles. The minimum absolute atomic E-state index is 0.0131. The molecule has 2 N–H and O–H groups in total. The van der Waals surface area contributed by atoms with Crippen molar-refractivity contribution in [2.24, 2.45) is 5.73 Å². The predicted molar refractivity (Wildman–Crippen MR) is 65.1 cm³/mol. The Morgan fingerprint density at radius 1 is 1.39 bits per heavy atom. The van der Waals surface area contributed by atoms with Crippen molar-refractivity contribution >= 4 is 0 Å². The molecular weight excluding hydrogens is 234 g/mol. The molecule has 3 heterocycles. The Labute approximate surface area is 107 Å². The predicted octanol–water partition coefficient (Wildman–Crippen LogP) is 0.581. The second-order valence-electron chi connectivity index (χ2n) is 4.98. The van der Waals surface area contributed by atoms with Crippen LogP contribution in [0.3, 0.4) is 0 Å². The molecule has 0 saturated carbocycles. The first-order valence-corrected chi connectivity index (χ1v) is 6.80. The van der Waals surface area contributed by atoms with Gasteiger partial charge in [-0.15, -0.1) is 0 Å². The maximum absolute atomic E-state index is 6.13. The van der Waals surface area contributed by atoms with E-state index in [-0.39, 0.29) is 24.4 Å². The maximum Gasteiger partial charge on any atom is 0.121 e. The van der Waals surface area contributed by atoms with Crippen LogP contribution < -0.4 is 5.73 Å². The van der Waals surface area contributed by atoms with Gasteiger partial charge in [0.05, 0.1) is 19.3 Å². The van der Waals surface area contributed by atoms with Crippen LogP contribution in [0.15, 0.2) is 11.8 Å². The van der Waals surface area contributed by atoms with Crippen LogP contribution in [-0.4, -0.2) is 50.8 Å². The van der Waals surface area contributed by atoms with Crippen LogP contribution >= 0.6 is 0 Å². The van der Waals surface area contributed by atoms with Crippen LogP contribution in [0.2, 0.25) is 0 Å². The van der Waals surface area contributed by atoms with Crippen LogP contribution in [0.25, 0.3) is 0 Å². The second kappa shape index (κ2) is 5.57. The molecule has 3 rings (SSSR count). The van der Waals surface area contributed by atoms with Crippen molar-refractivity contribution in [3.05, 3.63) is 11.8 Å². The van der Waals surface area contributed by atoms with Crippen LogP contribution in [-0.2, 0) is 18.9 Å². The van der Waals surface area contributed by atoms with E-state index < -0.39 is 0 Å². The Kier molecular flexibility index (Phi) is 3.84. The highest BCUT2D eigenvalue weighted by Gasteiger charge is 2.43. The smallest absolute Gasteiger partial charge is 0.121 e. The molecule has 0 amide bonds. The van der Waals surface area contributed by atoms with Crippen molar-refractivity contribution in [3.63, 3.8) is 0 Å². The molecular formula is C13H21NO4. The SMILES string of the molecule is NCCC(O[C@@H]1COC2CCOC21)C1=CCCO1. The monoisotopic (exact) mass is 255 g/mol. The molecule has 0 aliphatic carbocycles. The first-order valence-electron chi connectivity index (χ1n) is 6.80. The number of hydrogen-bond acceptors (Lipinski definition) is 5. The quantitative estimate of drug-likeness (QED) is 0.778. The molecule has 0 bridgehead atoms. The Hall–Kier alpha value is -0.620. The zero-order valence-electron chi connectivity index (χ0n) is 10.5. The van der Waals surface area contributed by atoms with Gasteiger partial charge in [-0.3, -0.25) is 0 Å². The number of nitrogens with two attached hydrogens (primary N) is 1.